The first-order valence-electron chi connectivity index (χ1n) is 16.9. The number of aromatic nitrogens is 2. The van der Waals surface area contributed by atoms with Crippen LogP contribution in [0.3, 0.4) is 0 Å². The van der Waals surface area contributed by atoms with E-state index in [4.69, 9.17) is 14.4 Å². The molecular weight excluding hydrogens is 841 g/mol. The summed E-state index contributed by atoms with van der Waals surface area (Å²) in [5.74, 6) is 0.264. The minimum Gasteiger partial charge on any atom is -0.507 e. The molecule has 8 heteroatoms. The van der Waals surface area contributed by atoms with Crippen LogP contribution in [-0.2, 0) is 38.1 Å². The van der Waals surface area contributed by atoms with Crippen molar-refractivity contribution in [2.45, 2.75) is 65.5 Å². The van der Waals surface area contributed by atoms with Crippen LogP contribution in [0, 0.1) is 13.0 Å². The molecule has 4 nitrogen and oxygen atoms in total. The number of alkyl halides is 3. The van der Waals surface area contributed by atoms with Crippen molar-refractivity contribution < 1.29 is 43.8 Å². The summed E-state index contributed by atoms with van der Waals surface area (Å²) in [6, 6.07) is 30.1. The van der Waals surface area contributed by atoms with Gasteiger partial charge >= 0.3 is 6.18 Å². The van der Waals surface area contributed by atoms with E-state index in [0.717, 1.165) is 50.9 Å². The topological polar surface area (TPSA) is 59.2 Å². The maximum Gasteiger partial charge on any atom is 0.416 e. The molecule has 0 saturated carbocycles. The Hall–Kier alpha value is -4.74. The number of pyridine rings is 1. The zero-order valence-corrected chi connectivity index (χ0v) is 32.2. The summed E-state index contributed by atoms with van der Waals surface area (Å²) >= 11 is 0. The Morgan fingerprint density at radius 3 is 1.90 bits per heavy atom. The average molecular weight is 879 g/mol. The number of aryl methyl sites for hydroxylation is 1. The molecule has 0 amide bonds. The smallest absolute Gasteiger partial charge is 0.416 e. The Morgan fingerprint density at radius 2 is 1.27 bits per heavy atom. The van der Waals surface area contributed by atoms with Crippen LogP contribution in [-0.4, -0.2) is 15.1 Å². The second-order valence-corrected chi connectivity index (χ2v) is 15.2. The first-order chi connectivity index (χ1) is 24.0. The molecule has 0 bridgehead atoms. The SMILES string of the molecule is Cc1ccnc2c(-c3[c-]c(-c4cc(-c5ccc(C(F)(F)F)cc5)cc5oc(-c6cc(C(C)(C)C)ccc6O)nc45)ccc3)cc(C(C)(C)C)cc12.[Pt]. The molecule has 2 aromatic heterocycles. The molecule has 7 rings (SSSR count). The van der Waals surface area contributed by atoms with Gasteiger partial charge in [0.2, 0.25) is 5.89 Å². The number of hydrogen-bond acceptors (Lipinski definition) is 4. The van der Waals surface area contributed by atoms with Crippen LogP contribution < -0.4 is 0 Å². The molecule has 0 spiro atoms. The van der Waals surface area contributed by atoms with Crippen molar-refractivity contribution in [3.8, 4) is 50.6 Å². The standard InChI is InChI=1S/C44H38F3N2O2.Pt/c1-25-17-18-48-39-33(25)23-32(43(5,6)7)24-35(39)28-10-8-9-27(19-28)34-20-29(26-11-13-30(14-12-26)44(45,46)47)21-38-40(34)49-41(51-38)36-22-31(42(2,3)4)15-16-37(36)50;/h8-18,20-24,50H,1-7H3;/q-1;. The number of hydrogen-bond donors (Lipinski definition) is 1. The van der Waals surface area contributed by atoms with E-state index in [1.807, 2.05) is 48.7 Å². The molecule has 7 aromatic rings. The summed E-state index contributed by atoms with van der Waals surface area (Å²) in [6.45, 7) is 14.9. The van der Waals surface area contributed by atoms with Gasteiger partial charge in [-0.3, -0.25) is 4.98 Å². The van der Waals surface area contributed by atoms with Gasteiger partial charge in [-0.1, -0.05) is 89.1 Å². The van der Waals surface area contributed by atoms with E-state index in [1.165, 1.54) is 17.7 Å². The number of fused-ring (bicyclic) bond motifs is 2. The van der Waals surface area contributed by atoms with Gasteiger partial charge in [0.15, 0.2) is 0 Å². The van der Waals surface area contributed by atoms with Crippen molar-refractivity contribution in [1.82, 2.24) is 9.97 Å². The van der Waals surface area contributed by atoms with Crippen LogP contribution in [0.4, 0.5) is 13.2 Å². The van der Waals surface area contributed by atoms with Crippen molar-refractivity contribution in [2.75, 3.05) is 0 Å². The monoisotopic (exact) mass is 878 g/mol. The fraction of sp³-hybridized carbons (Fsp3) is 0.227. The van der Waals surface area contributed by atoms with Gasteiger partial charge in [-0.05, 0) is 87.4 Å². The molecule has 268 valence electrons. The summed E-state index contributed by atoms with van der Waals surface area (Å²) in [4.78, 5) is 9.72. The summed E-state index contributed by atoms with van der Waals surface area (Å²) in [5.41, 5.74) is 8.99. The fourth-order valence-corrected chi connectivity index (χ4v) is 6.35. The minimum atomic E-state index is -4.45. The molecule has 0 radical (unpaired) electrons. The third kappa shape index (κ3) is 7.03. The van der Waals surface area contributed by atoms with Gasteiger partial charge in [-0.2, -0.15) is 13.2 Å². The predicted octanol–water partition coefficient (Wildman–Crippen LogP) is 12.5. The maximum absolute atomic E-state index is 13.4. The van der Waals surface area contributed by atoms with Crippen molar-refractivity contribution in [3.05, 3.63) is 126 Å². The molecule has 0 aliphatic heterocycles. The number of phenolic OH excluding ortho intramolecular Hbond substituents is 1. The van der Waals surface area contributed by atoms with Gasteiger partial charge in [0.1, 0.15) is 11.3 Å². The number of oxazole rings is 1. The molecule has 1 N–H and O–H groups in total. The Kier molecular flexibility index (Phi) is 9.50. The van der Waals surface area contributed by atoms with Crippen LogP contribution in [0.2, 0.25) is 0 Å². The molecule has 2 heterocycles. The minimum absolute atomic E-state index is 0. The van der Waals surface area contributed by atoms with E-state index < -0.39 is 11.7 Å². The number of halogens is 3. The van der Waals surface area contributed by atoms with Crippen molar-refractivity contribution in [1.29, 1.82) is 0 Å². The Bertz CT molecular complexity index is 2450. The summed E-state index contributed by atoms with van der Waals surface area (Å²) < 4.78 is 46.7. The van der Waals surface area contributed by atoms with Gasteiger partial charge in [-0.15, -0.1) is 35.4 Å². The normalized spacial score (nSPS) is 12.3. The van der Waals surface area contributed by atoms with Gasteiger partial charge in [0.25, 0.3) is 0 Å². The van der Waals surface area contributed by atoms with Gasteiger partial charge < -0.3 is 9.52 Å². The number of nitrogens with zero attached hydrogens (tertiary/aromatic N) is 2. The van der Waals surface area contributed by atoms with Gasteiger partial charge in [0, 0.05) is 32.8 Å². The number of benzene rings is 5. The van der Waals surface area contributed by atoms with Crippen molar-refractivity contribution >= 4 is 22.0 Å². The Balaban J connectivity index is 0.00000464. The quantitative estimate of drug-likeness (QED) is 0.179. The molecule has 0 saturated heterocycles. The second-order valence-electron chi connectivity index (χ2n) is 15.2. The van der Waals surface area contributed by atoms with E-state index in [0.29, 0.717) is 33.4 Å². The van der Waals surface area contributed by atoms with E-state index in [-0.39, 0.29) is 43.5 Å². The average Bonchev–Trinajstić information content (AvgIpc) is 3.51. The first-order valence-corrected chi connectivity index (χ1v) is 16.9. The third-order valence-corrected chi connectivity index (χ3v) is 9.44. The molecule has 0 unspecified atom stereocenters. The summed E-state index contributed by atoms with van der Waals surface area (Å²) in [7, 11) is 0. The van der Waals surface area contributed by atoms with Gasteiger partial charge in [-0.25, -0.2) is 4.98 Å². The van der Waals surface area contributed by atoms with Gasteiger partial charge in [0.05, 0.1) is 16.6 Å². The maximum atomic E-state index is 13.4. The number of rotatable bonds is 4. The number of phenols is 1. The first kappa shape index (κ1) is 37.0. The van der Waals surface area contributed by atoms with Crippen LogP contribution in [0.5, 0.6) is 5.75 Å². The fourth-order valence-electron chi connectivity index (χ4n) is 6.35. The summed E-state index contributed by atoms with van der Waals surface area (Å²) in [5, 5.41) is 12.0. The largest absolute Gasteiger partial charge is 0.507 e. The van der Waals surface area contributed by atoms with Crippen LogP contribution >= 0.6 is 0 Å². The Morgan fingerprint density at radius 1 is 0.654 bits per heavy atom. The number of aromatic hydroxyl groups is 1. The van der Waals surface area contributed by atoms with Crippen LogP contribution in [0.25, 0.3) is 66.8 Å². The molecule has 0 fully saturated rings. The van der Waals surface area contributed by atoms with E-state index in [9.17, 15) is 18.3 Å². The molecular formula is C44H38F3N2O2Pt-. The zero-order valence-electron chi connectivity index (χ0n) is 29.9. The zero-order chi connectivity index (χ0) is 36.5. The Labute approximate surface area is 316 Å². The van der Waals surface area contributed by atoms with Crippen molar-refractivity contribution in [3.63, 3.8) is 0 Å². The van der Waals surface area contributed by atoms with Crippen LogP contribution in [0.15, 0.2) is 102 Å². The molecule has 0 aliphatic carbocycles. The van der Waals surface area contributed by atoms with Crippen LogP contribution in [0.1, 0.15) is 63.8 Å². The van der Waals surface area contributed by atoms with E-state index >= 15 is 0 Å². The summed E-state index contributed by atoms with van der Waals surface area (Å²) in [6.07, 6.45) is -2.63. The molecule has 52 heavy (non-hydrogen) atoms. The second kappa shape index (κ2) is 13.3. The molecule has 0 atom stereocenters. The molecule has 0 aliphatic rings. The van der Waals surface area contributed by atoms with Crippen molar-refractivity contribution in [2.24, 2.45) is 0 Å². The predicted molar refractivity (Wildman–Crippen MR) is 199 cm³/mol. The van der Waals surface area contributed by atoms with E-state index in [1.54, 1.807) is 12.1 Å². The molecule has 5 aromatic carbocycles. The third-order valence-electron chi connectivity index (χ3n) is 9.44. The van der Waals surface area contributed by atoms with E-state index in [2.05, 4.69) is 66.7 Å².